The van der Waals surface area contributed by atoms with Crippen LogP contribution in [0.2, 0.25) is 0 Å². The monoisotopic (exact) mass is 416 g/mol. The number of halogens is 1. The van der Waals surface area contributed by atoms with Gasteiger partial charge in [0.05, 0.1) is 5.92 Å². The molecule has 3 N–H and O–H groups in total. The predicted octanol–water partition coefficient (Wildman–Crippen LogP) is 4.10. The molecule has 1 saturated heterocycles. The Bertz CT molecular complexity index is 800. The molecule has 1 aliphatic heterocycles. The standard InChI is InChI=1S/C22H28N4O2.ClH/c1-2-23-15-17-9-6-7-13-20(17)25-21(27)18-10-8-14-26(16-18)22(28)24-19-11-4-3-5-12-19;/h3-7,9,11-13,18,23H,2,8,10,14-16H2,1H3,(H,24,28)(H,25,27);1H. The SMILES string of the molecule is CCNCc1ccccc1NC(=O)C1CCCN(C(=O)Nc2ccccc2)C1.Cl. The van der Waals surface area contributed by atoms with Gasteiger partial charge in [0.1, 0.15) is 0 Å². The molecule has 0 aromatic heterocycles. The minimum atomic E-state index is -0.206. The van der Waals surface area contributed by atoms with Crippen molar-refractivity contribution in [3.8, 4) is 0 Å². The summed E-state index contributed by atoms with van der Waals surface area (Å²) in [4.78, 5) is 27.1. The van der Waals surface area contributed by atoms with E-state index in [0.717, 1.165) is 36.3 Å². The Hall–Kier alpha value is -2.57. The van der Waals surface area contributed by atoms with Crippen LogP contribution >= 0.6 is 12.4 Å². The van der Waals surface area contributed by atoms with Crippen molar-refractivity contribution < 1.29 is 9.59 Å². The van der Waals surface area contributed by atoms with E-state index in [9.17, 15) is 9.59 Å². The number of para-hydroxylation sites is 2. The number of nitrogens with zero attached hydrogens (tertiary/aromatic N) is 1. The molecular formula is C22H29ClN4O2. The van der Waals surface area contributed by atoms with Gasteiger partial charge in [-0.15, -0.1) is 12.4 Å². The molecule has 0 bridgehead atoms. The van der Waals surface area contributed by atoms with E-state index >= 15 is 0 Å². The van der Waals surface area contributed by atoms with E-state index in [2.05, 4.69) is 22.9 Å². The summed E-state index contributed by atoms with van der Waals surface area (Å²) in [7, 11) is 0. The van der Waals surface area contributed by atoms with Crippen molar-refractivity contribution in [3.05, 3.63) is 60.2 Å². The number of benzene rings is 2. The van der Waals surface area contributed by atoms with Crippen LogP contribution in [-0.2, 0) is 11.3 Å². The van der Waals surface area contributed by atoms with Gasteiger partial charge in [-0.2, -0.15) is 0 Å². The van der Waals surface area contributed by atoms with Gasteiger partial charge in [0, 0.05) is 31.0 Å². The number of hydrogen-bond donors (Lipinski definition) is 3. The Labute approximate surface area is 178 Å². The van der Waals surface area contributed by atoms with Crippen LogP contribution in [0.1, 0.15) is 25.3 Å². The molecule has 1 aliphatic rings. The molecule has 0 aliphatic carbocycles. The lowest BCUT2D eigenvalue weighted by molar-refractivity contribution is -0.121. The molecule has 0 radical (unpaired) electrons. The second-order valence-corrected chi connectivity index (χ2v) is 7.01. The largest absolute Gasteiger partial charge is 0.325 e. The molecule has 3 amide bonds. The minimum Gasteiger partial charge on any atom is -0.325 e. The van der Waals surface area contributed by atoms with Crippen LogP contribution in [-0.4, -0.2) is 36.5 Å². The summed E-state index contributed by atoms with van der Waals surface area (Å²) in [6.07, 6.45) is 1.61. The average Bonchev–Trinajstić information content (AvgIpc) is 2.74. The van der Waals surface area contributed by atoms with E-state index in [1.165, 1.54) is 0 Å². The number of urea groups is 1. The quantitative estimate of drug-likeness (QED) is 0.663. The van der Waals surface area contributed by atoms with Crippen LogP contribution in [0.15, 0.2) is 54.6 Å². The van der Waals surface area contributed by atoms with Gasteiger partial charge in [-0.3, -0.25) is 4.79 Å². The first-order chi connectivity index (χ1) is 13.7. The lowest BCUT2D eigenvalue weighted by atomic mass is 9.97. The van der Waals surface area contributed by atoms with Gasteiger partial charge in [0.2, 0.25) is 5.91 Å². The highest BCUT2D eigenvalue weighted by molar-refractivity contribution is 5.94. The van der Waals surface area contributed by atoms with Crippen LogP contribution < -0.4 is 16.0 Å². The van der Waals surface area contributed by atoms with E-state index < -0.39 is 0 Å². The Kier molecular flexibility index (Phi) is 8.96. The second-order valence-electron chi connectivity index (χ2n) is 7.01. The Morgan fingerprint density at radius 3 is 2.52 bits per heavy atom. The van der Waals surface area contributed by atoms with Gasteiger partial charge in [-0.1, -0.05) is 43.3 Å². The van der Waals surface area contributed by atoms with Crippen LogP contribution in [0.4, 0.5) is 16.2 Å². The number of amides is 3. The third-order valence-electron chi connectivity index (χ3n) is 4.95. The van der Waals surface area contributed by atoms with Gasteiger partial charge < -0.3 is 20.9 Å². The molecule has 156 valence electrons. The number of likely N-dealkylation sites (tertiary alicyclic amines) is 1. The summed E-state index contributed by atoms with van der Waals surface area (Å²) in [5.41, 5.74) is 2.66. The predicted molar refractivity (Wildman–Crippen MR) is 119 cm³/mol. The molecular weight excluding hydrogens is 388 g/mol. The summed E-state index contributed by atoms with van der Waals surface area (Å²) >= 11 is 0. The molecule has 1 unspecified atom stereocenters. The third kappa shape index (κ3) is 6.48. The van der Waals surface area contributed by atoms with Crippen LogP contribution in [0.3, 0.4) is 0 Å². The lowest BCUT2D eigenvalue weighted by Crippen LogP contribution is -2.45. The molecule has 1 atom stereocenters. The summed E-state index contributed by atoms with van der Waals surface area (Å²) in [5, 5.41) is 9.25. The third-order valence-corrected chi connectivity index (χ3v) is 4.95. The molecule has 0 saturated carbocycles. The molecule has 0 spiro atoms. The van der Waals surface area contributed by atoms with Gasteiger partial charge >= 0.3 is 6.03 Å². The summed E-state index contributed by atoms with van der Waals surface area (Å²) < 4.78 is 0. The van der Waals surface area contributed by atoms with Crippen molar-refractivity contribution >= 4 is 35.7 Å². The number of piperidine rings is 1. The Morgan fingerprint density at radius 1 is 1.03 bits per heavy atom. The van der Waals surface area contributed by atoms with E-state index in [1.807, 2.05) is 54.6 Å². The maximum Gasteiger partial charge on any atom is 0.321 e. The lowest BCUT2D eigenvalue weighted by Gasteiger charge is -2.32. The highest BCUT2D eigenvalue weighted by Crippen LogP contribution is 2.21. The smallest absolute Gasteiger partial charge is 0.321 e. The molecule has 3 rings (SSSR count). The van der Waals surface area contributed by atoms with E-state index in [4.69, 9.17) is 0 Å². The summed E-state index contributed by atoms with van der Waals surface area (Å²) in [5.74, 6) is -0.233. The number of rotatable bonds is 6. The van der Waals surface area contributed by atoms with E-state index in [0.29, 0.717) is 19.6 Å². The normalized spacial score (nSPS) is 15.9. The van der Waals surface area contributed by atoms with E-state index in [-0.39, 0.29) is 30.3 Å². The van der Waals surface area contributed by atoms with Crippen LogP contribution in [0.25, 0.3) is 0 Å². The van der Waals surface area contributed by atoms with Crippen molar-refractivity contribution in [2.24, 2.45) is 5.92 Å². The number of nitrogens with one attached hydrogen (secondary N) is 3. The fourth-order valence-corrected chi connectivity index (χ4v) is 3.39. The first kappa shape index (κ1) is 22.7. The van der Waals surface area contributed by atoms with Gasteiger partial charge in [0.15, 0.2) is 0 Å². The maximum atomic E-state index is 12.8. The Balaban J connectivity index is 0.00000300. The molecule has 1 fully saturated rings. The molecule has 2 aromatic rings. The van der Waals surface area contributed by atoms with Crippen molar-refractivity contribution in [2.45, 2.75) is 26.3 Å². The Morgan fingerprint density at radius 2 is 1.76 bits per heavy atom. The first-order valence-corrected chi connectivity index (χ1v) is 9.88. The number of carbonyl (C=O) groups is 2. The topological polar surface area (TPSA) is 73.5 Å². The summed E-state index contributed by atoms with van der Waals surface area (Å²) in [6.45, 7) is 4.73. The number of carbonyl (C=O) groups excluding carboxylic acids is 2. The zero-order valence-electron chi connectivity index (χ0n) is 16.7. The van der Waals surface area contributed by atoms with Crippen LogP contribution in [0, 0.1) is 5.92 Å². The van der Waals surface area contributed by atoms with Crippen molar-refractivity contribution in [1.29, 1.82) is 0 Å². The van der Waals surface area contributed by atoms with Crippen molar-refractivity contribution in [3.63, 3.8) is 0 Å². The maximum absolute atomic E-state index is 12.8. The molecule has 7 heteroatoms. The fraction of sp³-hybridized carbons (Fsp3) is 0.364. The van der Waals surface area contributed by atoms with Crippen molar-refractivity contribution in [2.75, 3.05) is 30.3 Å². The second kappa shape index (κ2) is 11.4. The number of hydrogen-bond acceptors (Lipinski definition) is 3. The van der Waals surface area contributed by atoms with Gasteiger partial charge in [0.25, 0.3) is 0 Å². The molecule has 29 heavy (non-hydrogen) atoms. The molecule has 6 nitrogen and oxygen atoms in total. The number of anilines is 2. The van der Waals surface area contributed by atoms with Crippen LogP contribution in [0.5, 0.6) is 0 Å². The molecule has 1 heterocycles. The minimum absolute atomic E-state index is 0. The zero-order valence-corrected chi connectivity index (χ0v) is 17.5. The summed E-state index contributed by atoms with van der Waals surface area (Å²) in [6, 6.07) is 17.1. The highest BCUT2D eigenvalue weighted by atomic mass is 35.5. The van der Waals surface area contributed by atoms with Gasteiger partial charge in [-0.05, 0) is 43.1 Å². The molecule has 2 aromatic carbocycles. The highest BCUT2D eigenvalue weighted by Gasteiger charge is 2.28. The van der Waals surface area contributed by atoms with Crippen molar-refractivity contribution in [1.82, 2.24) is 10.2 Å². The first-order valence-electron chi connectivity index (χ1n) is 9.88. The fourth-order valence-electron chi connectivity index (χ4n) is 3.39. The van der Waals surface area contributed by atoms with E-state index in [1.54, 1.807) is 4.90 Å². The average molecular weight is 417 g/mol. The van der Waals surface area contributed by atoms with Gasteiger partial charge in [-0.25, -0.2) is 4.79 Å². The zero-order chi connectivity index (χ0) is 19.8.